The summed E-state index contributed by atoms with van der Waals surface area (Å²) < 4.78 is 0. The Labute approximate surface area is 75.9 Å². The van der Waals surface area contributed by atoms with Crippen LogP contribution < -0.4 is 5.32 Å². The van der Waals surface area contributed by atoms with E-state index in [1.807, 2.05) is 0 Å². The molecule has 2 rings (SSSR count). The highest BCUT2D eigenvalue weighted by Gasteiger charge is 2.30. The van der Waals surface area contributed by atoms with Gasteiger partial charge in [0, 0.05) is 0 Å². The maximum Gasteiger partial charge on any atom is -0.00204 e. The molecule has 2 atom stereocenters. The largest absolute Gasteiger partial charge is 0.316 e. The Kier molecular flexibility index (Phi) is 2.69. The molecular formula is C11H21N. The van der Waals surface area contributed by atoms with Gasteiger partial charge in [0.05, 0.1) is 0 Å². The van der Waals surface area contributed by atoms with Crippen LogP contribution in [0.2, 0.25) is 0 Å². The van der Waals surface area contributed by atoms with Crippen molar-refractivity contribution < 1.29 is 0 Å². The maximum absolute atomic E-state index is 3.49. The van der Waals surface area contributed by atoms with E-state index in [-0.39, 0.29) is 0 Å². The molecule has 70 valence electrons. The molecule has 1 nitrogen and oxygen atoms in total. The number of nitrogens with one attached hydrogen (secondary N) is 1. The minimum absolute atomic E-state index is 0.932. The van der Waals surface area contributed by atoms with Gasteiger partial charge in [-0.3, -0.25) is 0 Å². The molecule has 0 radical (unpaired) electrons. The maximum atomic E-state index is 3.49. The minimum Gasteiger partial charge on any atom is -0.316 e. The predicted octanol–water partition coefficient (Wildman–Crippen LogP) is 2.42. The monoisotopic (exact) mass is 167 g/mol. The van der Waals surface area contributed by atoms with Gasteiger partial charge in [0.15, 0.2) is 0 Å². The molecule has 2 fully saturated rings. The molecule has 1 aliphatic heterocycles. The van der Waals surface area contributed by atoms with Gasteiger partial charge in [0.1, 0.15) is 0 Å². The first-order valence-electron chi connectivity index (χ1n) is 5.58. The van der Waals surface area contributed by atoms with E-state index in [4.69, 9.17) is 0 Å². The summed E-state index contributed by atoms with van der Waals surface area (Å²) >= 11 is 0. The van der Waals surface area contributed by atoms with Crippen LogP contribution in [-0.2, 0) is 0 Å². The van der Waals surface area contributed by atoms with Crippen molar-refractivity contribution in [2.75, 3.05) is 13.1 Å². The second kappa shape index (κ2) is 3.78. The van der Waals surface area contributed by atoms with Crippen LogP contribution in [0.1, 0.15) is 39.0 Å². The van der Waals surface area contributed by atoms with Gasteiger partial charge in [0.2, 0.25) is 0 Å². The van der Waals surface area contributed by atoms with Crippen LogP contribution in [0.25, 0.3) is 0 Å². The van der Waals surface area contributed by atoms with Crippen molar-refractivity contribution in [3.8, 4) is 0 Å². The topological polar surface area (TPSA) is 12.0 Å². The zero-order chi connectivity index (χ0) is 8.39. The molecule has 1 saturated carbocycles. The second-order valence-electron chi connectivity index (χ2n) is 4.68. The van der Waals surface area contributed by atoms with Gasteiger partial charge in [0.25, 0.3) is 0 Å². The van der Waals surface area contributed by atoms with Crippen molar-refractivity contribution in [3.63, 3.8) is 0 Å². The van der Waals surface area contributed by atoms with E-state index in [0.29, 0.717) is 0 Å². The van der Waals surface area contributed by atoms with Gasteiger partial charge in [-0.1, -0.05) is 32.6 Å². The third-order valence-corrected chi connectivity index (χ3v) is 3.86. The van der Waals surface area contributed by atoms with Crippen molar-refractivity contribution >= 4 is 0 Å². The third kappa shape index (κ3) is 1.66. The average molecular weight is 167 g/mol. The predicted molar refractivity (Wildman–Crippen MR) is 52.1 cm³/mol. The Balaban J connectivity index is 1.91. The number of piperidine rings is 1. The van der Waals surface area contributed by atoms with Crippen LogP contribution in [-0.4, -0.2) is 13.1 Å². The lowest BCUT2D eigenvalue weighted by atomic mass is 9.77. The first-order chi connectivity index (χ1) is 5.88. The molecule has 0 aromatic carbocycles. The van der Waals surface area contributed by atoms with E-state index in [0.717, 1.165) is 17.8 Å². The van der Waals surface area contributed by atoms with Gasteiger partial charge < -0.3 is 5.32 Å². The van der Waals surface area contributed by atoms with Crippen molar-refractivity contribution in [3.05, 3.63) is 0 Å². The lowest BCUT2D eigenvalue weighted by Crippen LogP contribution is -2.37. The first-order valence-corrected chi connectivity index (χ1v) is 5.58. The van der Waals surface area contributed by atoms with Crippen molar-refractivity contribution in [2.45, 2.75) is 39.0 Å². The summed E-state index contributed by atoms with van der Waals surface area (Å²) in [4.78, 5) is 0. The minimum atomic E-state index is 0.932. The third-order valence-electron chi connectivity index (χ3n) is 3.86. The average Bonchev–Trinajstić information content (AvgIpc) is 2.57. The van der Waals surface area contributed by atoms with Crippen LogP contribution >= 0.6 is 0 Å². The highest BCUT2D eigenvalue weighted by Crippen LogP contribution is 2.37. The molecule has 2 unspecified atom stereocenters. The van der Waals surface area contributed by atoms with Crippen molar-refractivity contribution in [1.29, 1.82) is 0 Å². The van der Waals surface area contributed by atoms with E-state index in [9.17, 15) is 0 Å². The van der Waals surface area contributed by atoms with Crippen molar-refractivity contribution in [2.24, 2.45) is 17.8 Å². The molecule has 0 aromatic heterocycles. The molecule has 0 amide bonds. The molecule has 12 heavy (non-hydrogen) atoms. The first kappa shape index (κ1) is 8.55. The Morgan fingerprint density at radius 3 is 2.50 bits per heavy atom. The molecule has 1 aliphatic carbocycles. The highest BCUT2D eigenvalue weighted by molar-refractivity contribution is 4.83. The quantitative estimate of drug-likeness (QED) is 0.632. The van der Waals surface area contributed by atoms with Gasteiger partial charge in [-0.15, -0.1) is 0 Å². The van der Waals surface area contributed by atoms with Gasteiger partial charge in [-0.2, -0.15) is 0 Å². The van der Waals surface area contributed by atoms with Gasteiger partial charge in [-0.05, 0) is 37.3 Å². The molecule has 0 spiro atoms. The van der Waals surface area contributed by atoms with Crippen molar-refractivity contribution in [1.82, 2.24) is 5.32 Å². The molecule has 2 aliphatic rings. The van der Waals surface area contributed by atoms with Gasteiger partial charge >= 0.3 is 0 Å². The second-order valence-corrected chi connectivity index (χ2v) is 4.68. The summed E-state index contributed by atoms with van der Waals surface area (Å²) in [5.74, 6) is 3.07. The normalized spacial score (nSPS) is 38.8. The summed E-state index contributed by atoms with van der Waals surface area (Å²) in [6, 6.07) is 0. The zero-order valence-corrected chi connectivity index (χ0v) is 8.18. The molecule has 1 N–H and O–H groups in total. The summed E-state index contributed by atoms with van der Waals surface area (Å²) in [7, 11) is 0. The summed E-state index contributed by atoms with van der Waals surface area (Å²) in [6.07, 6.45) is 7.48. The van der Waals surface area contributed by atoms with Crippen LogP contribution in [0.5, 0.6) is 0 Å². The van der Waals surface area contributed by atoms with E-state index in [1.54, 1.807) is 0 Å². The Morgan fingerprint density at radius 2 is 1.83 bits per heavy atom. The fourth-order valence-electron chi connectivity index (χ4n) is 3.12. The smallest absolute Gasteiger partial charge is 0.00204 e. The lowest BCUT2D eigenvalue weighted by molar-refractivity contribution is 0.190. The van der Waals surface area contributed by atoms with Crippen LogP contribution in [0.15, 0.2) is 0 Å². The molecular weight excluding hydrogens is 146 g/mol. The Hall–Kier alpha value is -0.0400. The molecule has 0 aromatic rings. The fourth-order valence-corrected chi connectivity index (χ4v) is 3.12. The van der Waals surface area contributed by atoms with E-state index < -0.39 is 0 Å². The fraction of sp³-hybridized carbons (Fsp3) is 1.00. The number of rotatable bonds is 1. The highest BCUT2D eigenvalue weighted by atomic mass is 14.9. The summed E-state index contributed by atoms with van der Waals surface area (Å²) in [6.45, 7) is 4.96. The molecule has 1 heteroatoms. The zero-order valence-electron chi connectivity index (χ0n) is 8.18. The number of hydrogen-bond donors (Lipinski definition) is 1. The molecule has 1 saturated heterocycles. The van der Waals surface area contributed by atoms with E-state index in [1.165, 1.54) is 45.2 Å². The molecule has 0 bridgehead atoms. The molecule has 1 heterocycles. The standard InChI is InChI=1S/C11H21N/c1-9-8-12-7-6-11(9)10-4-2-3-5-10/h9-12H,2-8H2,1H3. The summed E-state index contributed by atoms with van der Waals surface area (Å²) in [5, 5.41) is 3.49. The van der Waals surface area contributed by atoms with Crippen LogP contribution in [0.3, 0.4) is 0 Å². The van der Waals surface area contributed by atoms with E-state index >= 15 is 0 Å². The van der Waals surface area contributed by atoms with Crippen LogP contribution in [0, 0.1) is 17.8 Å². The Bertz CT molecular complexity index is 138. The van der Waals surface area contributed by atoms with E-state index in [2.05, 4.69) is 12.2 Å². The van der Waals surface area contributed by atoms with Crippen LogP contribution in [0.4, 0.5) is 0 Å². The lowest BCUT2D eigenvalue weighted by Gasteiger charge is -2.33. The summed E-state index contributed by atoms with van der Waals surface area (Å²) in [5.41, 5.74) is 0. The van der Waals surface area contributed by atoms with Gasteiger partial charge in [-0.25, -0.2) is 0 Å². The number of hydrogen-bond acceptors (Lipinski definition) is 1. The SMILES string of the molecule is CC1CNCCC1C1CCCC1. The Morgan fingerprint density at radius 1 is 1.08 bits per heavy atom.